The highest BCUT2D eigenvalue weighted by atomic mass is 16.2. The van der Waals surface area contributed by atoms with Crippen LogP contribution in [0, 0.1) is 5.41 Å². The number of hydrogen-bond acceptors (Lipinski definition) is 5. The number of piperidine rings is 2. The van der Waals surface area contributed by atoms with E-state index in [1.165, 1.54) is 5.56 Å². The lowest BCUT2D eigenvalue weighted by Crippen LogP contribution is -2.47. The SMILES string of the molecule is CN1CCC(c2ccc3[nH]c4c(C(N)=O)cnc(N5CCCC6(CCNC6=O)C5)c4c3c2)CC1. The van der Waals surface area contributed by atoms with E-state index in [4.69, 9.17) is 10.7 Å². The lowest BCUT2D eigenvalue weighted by atomic mass is 9.78. The summed E-state index contributed by atoms with van der Waals surface area (Å²) in [6.45, 7) is 4.44. The maximum atomic E-state index is 12.7. The predicted octanol–water partition coefficient (Wildman–Crippen LogP) is 2.73. The highest BCUT2D eigenvalue weighted by Gasteiger charge is 2.45. The summed E-state index contributed by atoms with van der Waals surface area (Å²) < 4.78 is 0. The second-order valence-electron chi connectivity index (χ2n) is 10.4. The summed E-state index contributed by atoms with van der Waals surface area (Å²) in [6, 6.07) is 6.62. The molecule has 3 saturated heterocycles. The third-order valence-electron chi connectivity index (χ3n) is 8.33. The van der Waals surface area contributed by atoms with E-state index >= 15 is 0 Å². The molecule has 178 valence electrons. The zero-order valence-corrected chi connectivity index (χ0v) is 19.7. The molecule has 1 unspecified atom stereocenters. The monoisotopic (exact) mass is 460 g/mol. The fourth-order valence-corrected chi connectivity index (χ4v) is 6.34. The number of aromatic amines is 1. The molecule has 8 heteroatoms. The number of pyridine rings is 1. The molecule has 3 fully saturated rings. The molecular formula is C26H32N6O2. The molecule has 6 rings (SSSR count). The zero-order chi connectivity index (χ0) is 23.4. The van der Waals surface area contributed by atoms with Crippen molar-refractivity contribution in [1.82, 2.24) is 20.2 Å². The van der Waals surface area contributed by atoms with Crippen molar-refractivity contribution in [2.45, 2.75) is 38.0 Å². The zero-order valence-electron chi connectivity index (χ0n) is 19.7. The average Bonchev–Trinajstić information content (AvgIpc) is 3.39. The molecule has 0 saturated carbocycles. The van der Waals surface area contributed by atoms with Crippen LogP contribution in [0.1, 0.15) is 53.9 Å². The lowest BCUT2D eigenvalue weighted by molar-refractivity contribution is -0.128. The summed E-state index contributed by atoms with van der Waals surface area (Å²) in [5.74, 6) is 1.04. The Morgan fingerprint density at radius 2 is 2.03 bits per heavy atom. The number of benzene rings is 1. The number of amides is 2. The van der Waals surface area contributed by atoms with Gasteiger partial charge in [0.1, 0.15) is 5.82 Å². The molecule has 1 atom stereocenters. The number of anilines is 1. The van der Waals surface area contributed by atoms with Crippen molar-refractivity contribution in [2.75, 3.05) is 44.7 Å². The number of aromatic nitrogens is 2. The quantitative estimate of drug-likeness (QED) is 0.557. The second-order valence-corrected chi connectivity index (χ2v) is 10.4. The molecule has 3 aromatic rings. The van der Waals surface area contributed by atoms with Crippen LogP contribution in [0.3, 0.4) is 0 Å². The maximum absolute atomic E-state index is 12.7. The van der Waals surface area contributed by atoms with E-state index in [0.717, 1.165) is 85.9 Å². The van der Waals surface area contributed by atoms with Crippen LogP contribution in [0.25, 0.3) is 21.8 Å². The number of carbonyl (C=O) groups is 2. The number of likely N-dealkylation sites (tertiary alicyclic amines) is 1. The minimum absolute atomic E-state index is 0.158. The van der Waals surface area contributed by atoms with Crippen molar-refractivity contribution in [1.29, 1.82) is 0 Å². The molecule has 0 aliphatic carbocycles. The van der Waals surface area contributed by atoms with Crippen molar-refractivity contribution >= 4 is 39.4 Å². The second kappa shape index (κ2) is 7.98. The van der Waals surface area contributed by atoms with E-state index in [1.54, 1.807) is 6.20 Å². The number of H-pyrrole nitrogens is 1. The number of primary amides is 1. The van der Waals surface area contributed by atoms with Gasteiger partial charge in [-0.1, -0.05) is 6.07 Å². The third kappa shape index (κ3) is 3.35. The van der Waals surface area contributed by atoms with Crippen LogP contribution >= 0.6 is 0 Å². The van der Waals surface area contributed by atoms with E-state index in [1.807, 2.05) is 0 Å². The van der Waals surface area contributed by atoms with Crippen molar-refractivity contribution in [3.63, 3.8) is 0 Å². The van der Waals surface area contributed by atoms with Gasteiger partial charge in [0, 0.05) is 36.7 Å². The van der Waals surface area contributed by atoms with Crippen LogP contribution < -0.4 is 16.0 Å². The summed E-state index contributed by atoms with van der Waals surface area (Å²) in [7, 11) is 2.18. The van der Waals surface area contributed by atoms with E-state index in [-0.39, 0.29) is 11.3 Å². The standard InChI is InChI=1S/C26H32N6O2/c1-31-11-5-16(6-12-31)17-3-4-20-18(13-17)21-22(30-20)19(23(27)33)14-29-24(21)32-10-2-7-26(15-32)8-9-28-25(26)34/h3-4,13-14,16,30H,2,5-12,15H2,1H3,(H2,27,33)(H,28,34). The van der Waals surface area contributed by atoms with Gasteiger partial charge in [0.05, 0.1) is 21.9 Å². The highest BCUT2D eigenvalue weighted by molar-refractivity contribution is 6.18. The molecular weight excluding hydrogens is 428 g/mol. The number of nitrogens with zero attached hydrogens (tertiary/aromatic N) is 3. The topological polar surface area (TPSA) is 107 Å². The number of nitrogens with one attached hydrogen (secondary N) is 2. The minimum atomic E-state index is -0.489. The smallest absolute Gasteiger partial charge is 0.252 e. The van der Waals surface area contributed by atoms with Crippen LogP contribution in [0.2, 0.25) is 0 Å². The van der Waals surface area contributed by atoms with Gasteiger partial charge >= 0.3 is 0 Å². The van der Waals surface area contributed by atoms with E-state index in [9.17, 15) is 9.59 Å². The fraction of sp³-hybridized carbons (Fsp3) is 0.500. The fourth-order valence-electron chi connectivity index (χ4n) is 6.34. The molecule has 0 bridgehead atoms. The third-order valence-corrected chi connectivity index (χ3v) is 8.33. The summed E-state index contributed by atoms with van der Waals surface area (Å²) >= 11 is 0. The molecule has 3 aliphatic rings. The van der Waals surface area contributed by atoms with Crippen LogP contribution in [0.4, 0.5) is 5.82 Å². The predicted molar refractivity (Wildman–Crippen MR) is 133 cm³/mol. The Hall–Kier alpha value is -3.13. The van der Waals surface area contributed by atoms with Gasteiger partial charge in [-0.15, -0.1) is 0 Å². The Morgan fingerprint density at radius 3 is 2.76 bits per heavy atom. The van der Waals surface area contributed by atoms with Gasteiger partial charge in [-0.3, -0.25) is 9.59 Å². The Labute approximate surface area is 198 Å². The van der Waals surface area contributed by atoms with Gasteiger partial charge in [-0.05, 0) is 75.9 Å². The van der Waals surface area contributed by atoms with Crippen molar-refractivity contribution in [2.24, 2.45) is 11.1 Å². The molecule has 8 nitrogen and oxygen atoms in total. The molecule has 2 amide bonds. The normalized spacial score (nSPS) is 24.4. The lowest BCUT2D eigenvalue weighted by Gasteiger charge is -2.39. The average molecular weight is 461 g/mol. The molecule has 3 aliphatic heterocycles. The summed E-state index contributed by atoms with van der Waals surface area (Å²) in [5.41, 5.74) is 8.84. The molecule has 1 aromatic carbocycles. The molecule has 1 spiro atoms. The Balaban J connectivity index is 1.49. The summed E-state index contributed by atoms with van der Waals surface area (Å²) in [5, 5.41) is 5.05. The molecule has 0 radical (unpaired) electrons. The van der Waals surface area contributed by atoms with Crippen LogP contribution in [0.5, 0.6) is 0 Å². The number of fused-ring (bicyclic) bond motifs is 3. The number of nitrogens with two attached hydrogens (primary N) is 1. The van der Waals surface area contributed by atoms with Crippen LogP contribution in [0.15, 0.2) is 24.4 Å². The number of rotatable bonds is 3. The van der Waals surface area contributed by atoms with Gasteiger partial charge in [0.25, 0.3) is 5.91 Å². The highest BCUT2D eigenvalue weighted by Crippen LogP contribution is 2.42. The Kier molecular flexibility index (Phi) is 5.02. The first-order valence-corrected chi connectivity index (χ1v) is 12.4. The largest absolute Gasteiger partial charge is 0.365 e. The van der Waals surface area contributed by atoms with Gasteiger partial charge in [0.2, 0.25) is 5.91 Å². The first-order chi connectivity index (χ1) is 16.4. The Morgan fingerprint density at radius 1 is 1.21 bits per heavy atom. The van der Waals surface area contributed by atoms with Crippen molar-refractivity contribution in [3.8, 4) is 0 Å². The molecule has 4 N–H and O–H groups in total. The van der Waals surface area contributed by atoms with E-state index in [2.05, 4.69) is 45.3 Å². The van der Waals surface area contributed by atoms with Crippen molar-refractivity contribution in [3.05, 3.63) is 35.5 Å². The van der Waals surface area contributed by atoms with Crippen LogP contribution in [-0.4, -0.2) is 66.5 Å². The van der Waals surface area contributed by atoms with E-state index < -0.39 is 5.91 Å². The number of hydrogen-bond donors (Lipinski definition) is 3. The van der Waals surface area contributed by atoms with Gasteiger partial charge in [-0.2, -0.15) is 0 Å². The Bertz CT molecular complexity index is 1290. The number of carbonyl (C=O) groups excluding carboxylic acids is 2. The van der Waals surface area contributed by atoms with Gasteiger partial charge in [-0.25, -0.2) is 4.98 Å². The summed E-state index contributed by atoms with van der Waals surface area (Å²) in [6.07, 6.45) is 6.59. The first-order valence-electron chi connectivity index (χ1n) is 12.4. The molecule has 34 heavy (non-hydrogen) atoms. The molecule has 2 aromatic heterocycles. The van der Waals surface area contributed by atoms with Gasteiger partial charge < -0.3 is 25.8 Å². The van der Waals surface area contributed by atoms with Crippen LogP contribution in [-0.2, 0) is 4.79 Å². The van der Waals surface area contributed by atoms with Crippen molar-refractivity contribution < 1.29 is 9.59 Å². The maximum Gasteiger partial charge on any atom is 0.252 e. The minimum Gasteiger partial charge on any atom is -0.365 e. The van der Waals surface area contributed by atoms with E-state index in [0.29, 0.717) is 18.0 Å². The molecule has 5 heterocycles. The first kappa shape index (κ1) is 21.4. The van der Waals surface area contributed by atoms with Gasteiger partial charge in [0.15, 0.2) is 0 Å². The summed E-state index contributed by atoms with van der Waals surface area (Å²) in [4.78, 5) is 37.8.